The number of carbonyl (C=O) groups is 1. The minimum atomic E-state index is -0.659. The van der Waals surface area contributed by atoms with Gasteiger partial charge in [-0.2, -0.15) is 0 Å². The molecule has 14 heavy (non-hydrogen) atoms. The van der Waals surface area contributed by atoms with E-state index in [0.717, 1.165) is 0 Å². The molecule has 1 rings (SSSR count). The minimum absolute atomic E-state index is 0.0486. The van der Waals surface area contributed by atoms with E-state index in [-0.39, 0.29) is 17.9 Å². The van der Waals surface area contributed by atoms with Gasteiger partial charge in [0.25, 0.3) is 0 Å². The number of hydrogen-bond acceptors (Lipinski definition) is 4. The maximum atomic E-state index is 11.2. The van der Waals surface area contributed by atoms with Crippen molar-refractivity contribution in [3.05, 3.63) is 22.2 Å². The first-order chi connectivity index (χ1) is 6.57. The van der Waals surface area contributed by atoms with E-state index < -0.39 is 11.7 Å². The van der Waals surface area contributed by atoms with Crippen LogP contribution in [0.25, 0.3) is 0 Å². The summed E-state index contributed by atoms with van der Waals surface area (Å²) in [5.74, 6) is -1.50. The molecule has 0 heterocycles. The first kappa shape index (κ1) is 10.8. The number of carbonyl (C=O) groups excluding carboxylic acids is 1. The maximum absolute atomic E-state index is 11.2. The number of aromatic hydroxyl groups is 2. The number of ether oxygens (including phenoxy) is 1. The highest BCUT2D eigenvalue weighted by Crippen LogP contribution is 2.36. The number of phenolic OH excluding ortho intramolecular Hbond substituents is 2. The largest absolute Gasteiger partial charge is 0.504 e. The van der Waals surface area contributed by atoms with Crippen molar-refractivity contribution in [1.82, 2.24) is 0 Å². The molecule has 0 aromatic heterocycles. The quantitative estimate of drug-likeness (QED) is 0.631. The fourth-order valence-corrected chi connectivity index (χ4v) is 1.25. The van der Waals surface area contributed by atoms with Gasteiger partial charge in [-0.3, -0.25) is 0 Å². The van der Waals surface area contributed by atoms with Crippen molar-refractivity contribution in [2.24, 2.45) is 0 Å². The van der Waals surface area contributed by atoms with E-state index in [1.165, 1.54) is 12.1 Å². The van der Waals surface area contributed by atoms with E-state index in [0.29, 0.717) is 4.47 Å². The van der Waals surface area contributed by atoms with E-state index in [1.54, 1.807) is 6.92 Å². The number of benzene rings is 1. The SMILES string of the molecule is CCOC(=O)c1ccc(Br)c(O)c1O. The average Bonchev–Trinajstić information content (AvgIpc) is 2.15. The van der Waals surface area contributed by atoms with Gasteiger partial charge in [0, 0.05) is 0 Å². The second-order valence-corrected chi connectivity index (χ2v) is 3.37. The predicted octanol–water partition coefficient (Wildman–Crippen LogP) is 2.04. The van der Waals surface area contributed by atoms with Gasteiger partial charge in [-0.25, -0.2) is 4.79 Å². The van der Waals surface area contributed by atoms with Crippen molar-refractivity contribution in [2.45, 2.75) is 6.92 Å². The molecule has 0 radical (unpaired) electrons. The summed E-state index contributed by atoms with van der Waals surface area (Å²) < 4.78 is 5.00. The Hall–Kier alpha value is -1.23. The first-order valence-electron chi connectivity index (χ1n) is 3.95. The lowest BCUT2D eigenvalue weighted by Gasteiger charge is -2.06. The fraction of sp³-hybridized carbons (Fsp3) is 0.222. The van der Waals surface area contributed by atoms with Gasteiger partial charge in [-0.15, -0.1) is 0 Å². The predicted molar refractivity (Wildman–Crippen MR) is 53.4 cm³/mol. The lowest BCUT2D eigenvalue weighted by molar-refractivity contribution is 0.0522. The molecule has 0 aliphatic heterocycles. The molecular weight excluding hydrogens is 252 g/mol. The molecule has 2 N–H and O–H groups in total. The Balaban J connectivity index is 3.11. The third-order valence-corrected chi connectivity index (χ3v) is 2.24. The summed E-state index contributed by atoms with van der Waals surface area (Å²) in [6.07, 6.45) is 0. The molecule has 0 unspecified atom stereocenters. The summed E-state index contributed by atoms with van der Waals surface area (Å²) in [6, 6.07) is 2.83. The van der Waals surface area contributed by atoms with Crippen molar-refractivity contribution >= 4 is 21.9 Å². The molecule has 0 aliphatic rings. The van der Waals surface area contributed by atoms with Gasteiger partial charge in [-0.1, -0.05) is 0 Å². The third-order valence-electron chi connectivity index (χ3n) is 1.60. The highest BCUT2D eigenvalue weighted by atomic mass is 79.9. The molecule has 1 aromatic carbocycles. The Kier molecular flexibility index (Phi) is 3.35. The summed E-state index contributed by atoms with van der Waals surface area (Å²) in [7, 11) is 0. The van der Waals surface area contributed by atoms with Crippen molar-refractivity contribution in [3.8, 4) is 11.5 Å². The molecule has 0 amide bonds. The second kappa shape index (κ2) is 4.32. The summed E-state index contributed by atoms with van der Waals surface area (Å²) in [5, 5.41) is 18.7. The molecular formula is C9H9BrO4. The molecule has 4 nitrogen and oxygen atoms in total. The number of hydrogen-bond donors (Lipinski definition) is 2. The maximum Gasteiger partial charge on any atom is 0.342 e. The Labute approximate surface area is 89.3 Å². The smallest absolute Gasteiger partial charge is 0.342 e. The number of phenols is 2. The summed E-state index contributed by atoms with van der Waals surface area (Å²) >= 11 is 3.01. The van der Waals surface area contributed by atoms with Gasteiger partial charge >= 0.3 is 5.97 Å². The van der Waals surface area contributed by atoms with E-state index >= 15 is 0 Å². The van der Waals surface area contributed by atoms with Crippen LogP contribution in [0.3, 0.4) is 0 Å². The number of halogens is 1. The minimum Gasteiger partial charge on any atom is -0.504 e. The van der Waals surface area contributed by atoms with Crippen LogP contribution in [0.1, 0.15) is 17.3 Å². The Morgan fingerprint density at radius 1 is 1.43 bits per heavy atom. The zero-order valence-electron chi connectivity index (χ0n) is 7.45. The van der Waals surface area contributed by atoms with Gasteiger partial charge in [0.05, 0.1) is 11.1 Å². The first-order valence-corrected chi connectivity index (χ1v) is 4.74. The summed E-state index contributed by atoms with van der Waals surface area (Å²) in [5.41, 5.74) is -0.0486. The van der Waals surface area contributed by atoms with Crippen LogP contribution < -0.4 is 0 Å². The van der Waals surface area contributed by atoms with Crippen LogP contribution in [0.5, 0.6) is 11.5 Å². The van der Waals surface area contributed by atoms with Crippen LogP contribution in [0, 0.1) is 0 Å². The Morgan fingerprint density at radius 3 is 2.64 bits per heavy atom. The summed E-state index contributed by atoms with van der Waals surface area (Å²) in [4.78, 5) is 11.2. The van der Waals surface area contributed by atoms with Crippen LogP contribution in [-0.4, -0.2) is 22.8 Å². The van der Waals surface area contributed by atoms with E-state index in [1.807, 2.05) is 0 Å². The van der Waals surface area contributed by atoms with Crippen molar-refractivity contribution < 1.29 is 19.7 Å². The molecule has 0 saturated carbocycles. The lowest BCUT2D eigenvalue weighted by Crippen LogP contribution is -2.04. The molecule has 0 atom stereocenters. The van der Waals surface area contributed by atoms with Gasteiger partial charge in [0.15, 0.2) is 11.5 Å². The van der Waals surface area contributed by atoms with Gasteiger partial charge in [-0.05, 0) is 35.0 Å². The van der Waals surface area contributed by atoms with Crippen molar-refractivity contribution in [1.29, 1.82) is 0 Å². The molecule has 1 aromatic rings. The molecule has 76 valence electrons. The van der Waals surface area contributed by atoms with Crippen LogP contribution in [0.4, 0.5) is 0 Å². The second-order valence-electron chi connectivity index (χ2n) is 2.51. The van der Waals surface area contributed by atoms with Crippen LogP contribution >= 0.6 is 15.9 Å². The fourth-order valence-electron chi connectivity index (χ4n) is 0.929. The Bertz CT molecular complexity index is 362. The third kappa shape index (κ3) is 1.98. The number of rotatable bonds is 2. The average molecular weight is 261 g/mol. The molecule has 0 spiro atoms. The van der Waals surface area contributed by atoms with Crippen molar-refractivity contribution in [3.63, 3.8) is 0 Å². The van der Waals surface area contributed by atoms with Gasteiger partial charge < -0.3 is 14.9 Å². The lowest BCUT2D eigenvalue weighted by atomic mass is 10.2. The normalized spacial score (nSPS) is 9.86. The zero-order valence-corrected chi connectivity index (χ0v) is 9.04. The van der Waals surface area contributed by atoms with Crippen LogP contribution in [-0.2, 0) is 4.74 Å². The summed E-state index contributed by atoms with van der Waals surface area (Å²) in [6.45, 7) is 1.88. The van der Waals surface area contributed by atoms with Gasteiger partial charge in [0.1, 0.15) is 5.56 Å². The topological polar surface area (TPSA) is 66.8 Å². The van der Waals surface area contributed by atoms with Crippen LogP contribution in [0.2, 0.25) is 0 Å². The van der Waals surface area contributed by atoms with E-state index in [4.69, 9.17) is 0 Å². The molecule has 0 fully saturated rings. The highest BCUT2D eigenvalue weighted by molar-refractivity contribution is 9.10. The van der Waals surface area contributed by atoms with Crippen molar-refractivity contribution in [2.75, 3.05) is 6.61 Å². The highest BCUT2D eigenvalue weighted by Gasteiger charge is 2.16. The zero-order chi connectivity index (χ0) is 10.7. The number of esters is 1. The standard InChI is InChI=1S/C9H9BrO4/c1-2-14-9(13)5-3-4-6(10)8(12)7(5)11/h3-4,11-12H,2H2,1H3. The van der Waals surface area contributed by atoms with E-state index in [9.17, 15) is 15.0 Å². The van der Waals surface area contributed by atoms with E-state index in [2.05, 4.69) is 20.7 Å². The monoisotopic (exact) mass is 260 g/mol. The molecule has 0 aliphatic carbocycles. The molecule has 5 heteroatoms. The Morgan fingerprint density at radius 2 is 2.07 bits per heavy atom. The molecule has 0 saturated heterocycles. The van der Waals surface area contributed by atoms with Gasteiger partial charge in [0.2, 0.25) is 0 Å². The van der Waals surface area contributed by atoms with Crippen LogP contribution in [0.15, 0.2) is 16.6 Å². The molecule has 0 bridgehead atoms.